The van der Waals surface area contributed by atoms with Gasteiger partial charge in [0.15, 0.2) is 0 Å². The summed E-state index contributed by atoms with van der Waals surface area (Å²) in [5, 5.41) is 2.99. The molecule has 0 bridgehead atoms. The molecule has 1 aromatic carbocycles. The fourth-order valence-corrected chi connectivity index (χ4v) is 2.21. The number of aryl methyl sites for hydroxylation is 2. The number of hydrogen-bond donors (Lipinski definition) is 1. The minimum Gasteiger partial charge on any atom is -0.358 e. The average molecular weight is 298 g/mol. The first-order chi connectivity index (χ1) is 8.02. The number of anilines is 1. The normalized spacial score (nSPS) is 10.6. The van der Waals surface area contributed by atoms with Crippen molar-refractivity contribution in [1.29, 1.82) is 0 Å². The second-order valence-electron chi connectivity index (χ2n) is 3.88. The molecule has 3 nitrogen and oxygen atoms in total. The SMILES string of the molecule is CNc1nc(C)cn1-c1cc(F)c(Br)cc1C. The molecule has 0 aliphatic carbocycles. The van der Waals surface area contributed by atoms with Crippen LogP contribution in [0.25, 0.3) is 5.69 Å². The second-order valence-corrected chi connectivity index (χ2v) is 4.73. The fourth-order valence-electron chi connectivity index (χ4n) is 1.75. The zero-order valence-electron chi connectivity index (χ0n) is 9.88. The van der Waals surface area contributed by atoms with Gasteiger partial charge in [-0.3, -0.25) is 4.57 Å². The quantitative estimate of drug-likeness (QED) is 0.920. The zero-order valence-corrected chi connectivity index (χ0v) is 11.5. The van der Waals surface area contributed by atoms with E-state index in [-0.39, 0.29) is 5.82 Å². The summed E-state index contributed by atoms with van der Waals surface area (Å²) in [4.78, 5) is 4.32. The number of nitrogens with zero attached hydrogens (tertiary/aromatic N) is 2. The molecule has 0 atom stereocenters. The first-order valence-corrected chi connectivity index (χ1v) is 6.02. The molecular weight excluding hydrogens is 285 g/mol. The number of imidazole rings is 1. The molecule has 5 heteroatoms. The minimum absolute atomic E-state index is 0.279. The molecule has 17 heavy (non-hydrogen) atoms. The molecule has 0 saturated carbocycles. The van der Waals surface area contributed by atoms with Gasteiger partial charge in [-0.15, -0.1) is 0 Å². The van der Waals surface area contributed by atoms with E-state index in [2.05, 4.69) is 26.2 Å². The largest absolute Gasteiger partial charge is 0.358 e. The van der Waals surface area contributed by atoms with Gasteiger partial charge in [-0.2, -0.15) is 0 Å². The van der Waals surface area contributed by atoms with E-state index in [1.165, 1.54) is 6.07 Å². The van der Waals surface area contributed by atoms with Crippen molar-refractivity contribution in [2.45, 2.75) is 13.8 Å². The van der Waals surface area contributed by atoms with E-state index in [1.807, 2.05) is 24.6 Å². The first-order valence-electron chi connectivity index (χ1n) is 5.22. The van der Waals surface area contributed by atoms with Crippen molar-refractivity contribution in [2.75, 3.05) is 12.4 Å². The van der Waals surface area contributed by atoms with Crippen LogP contribution in [0, 0.1) is 19.7 Å². The Bertz CT molecular complexity index is 563. The molecule has 0 amide bonds. The summed E-state index contributed by atoms with van der Waals surface area (Å²) in [6.07, 6.45) is 1.88. The number of aromatic nitrogens is 2. The maximum absolute atomic E-state index is 13.6. The summed E-state index contributed by atoms with van der Waals surface area (Å²) in [6.45, 7) is 3.84. The number of benzene rings is 1. The highest BCUT2D eigenvalue weighted by atomic mass is 79.9. The average Bonchev–Trinajstić information content (AvgIpc) is 2.64. The molecule has 0 radical (unpaired) electrons. The van der Waals surface area contributed by atoms with Crippen LogP contribution in [0.4, 0.5) is 10.3 Å². The molecule has 1 N–H and O–H groups in total. The Labute approximate surface area is 108 Å². The van der Waals surface area contributed by atoms with Gasteiger partial charge in [-0.05, 0) is 47.5 Å². The Morgan fingerprint density at radius 1 is 1.35 bits per heavy atom. The Hall–Kier alpha value is -1.36. The van der Waals surface area contributed by atoms with Crippen LogP contribution in [0.5, 0.6) is 0 Å². The van der Waals surface area contributed by atoms with Gasteiger partial charge in [0.05, 0.1) is 15.9 Å². The van der Waals surface area contributed by atoms with Crippen LogP contribution in [-0.2, 0) is 0 Å². The van der Waals surface area contributed by atoms with E-state index in [9.17, 15) is 4.39 Å². The minimum atomic E-state index is -0.279. The summed E-state index contributed by atoms with van der Waals surface area (Å²) in [5.41, 5.74) is 2.65. The summed E-state index contributed by atoms with van der Waals surface area (Å²) in [5.74, 6) is 0.423. The third kappa shape index (κ3) is 2.20. The molecule has 0 fully saturated rings. The fraction of sp³-hybridized carbons (Fsp3) is 0.250. The number of halogens is 2. The standard InChI is InChI=1S/C12H13BrFN3/c1-7-4-9(13)10(14)5-11(7)17-6-8(2)16-12(17)15-3/h4-6H,1-3H3,(H,15,16). The molecule has 1 heterocycles. The smallest absolute Gasteiger partial charge is 0.207 e. The van der Waals surface area contributed by atoms with Crippen molar-refractivity contribution in [3.8, 4) is 5.69 Å². The van der Waals surface area contributed by atoms with E-state index in [0.29, 0.717) is 10.4 Å². The molecule has 2 rings (SSSR count). The van der Waals surface area contributed by atoms with Crippen LogP contribution in [0.2, 0.25) is 0 Å². The lowest BCUT2D eigenvalue weighted by Crippen LogP contribution is -2.03. The number of hydrogen-bond acceptors (Lipinski definition) is 2. The Balaban J connectivity index is 2.63. The van der Waals surface area contributed by atoms with E-state index in [1.54, 1.807) is 13.1 Å². The van der Waals surface area contributed by atoms with Crippen LogP contribution in [0.15, 0.2) is 22.8 Å². The van der Waals surface area contributed by atoms with E-state index < -0.39 is 0 Å². The summed E-state index contributed by atoms with van der Waals surface area (Å²) >= 11 is 3.18. The Morgan fingerprint density at radius 2 is 2.06 bits per heavy atom. The maximum Gasteiger partial charge on any atom is 0.207 e. The molecule has 0 aliphatic rings. The number of nitrogens with one attached hydrogen (secondary N) is 1. The molecule has 0 saturated heterocycles. The lowest BCUT2D eigenvalue weighted by molar-refractivity contribution is 0.619. The van der Waals surface area contributed by atoms with Crippen molar-refractivity contribution in [2.24, 2.45) is 0 Å². The predicted molar refractivity (Wildman–Crippen MR) is 70.2 cm³/mol. The van der Waals surface area contributed by atoms with Crippen molar-refractivity contribution in [3.05, 3.63) is 39.9 Å². The predicted octanol–water partition coefficient (Wildman–Crippen LogP) is 3.43. The number of rotatable bonds is 2. The molecular formula is C12H13BrFN3. The lowest BCUT2D eigenvalue weighted by atomic mass is 10.2. The molecule has 1 aromatic heterocycles. The van der Waals surface area contributed by atoms with Gasteiger partial charge in [0.25, 0.3) is 0 Å². The van der Waals surface area contributed by atoms with Gasteiger partial charge in [0.1, 0.15) is 5.82 Å². The highest BCUT2D eigenvalue weighted by molar-refractivity contribution is 9.10. The van der Waals surface area contributed by atoms with Crippen molar-refractivity contribution >= 4 is 21.9 Å². The van der Waals surface area contributed by atoms with E-state index in [4.69, 9.17) is 0 Å². The first kappa shape index (κ1) is 12.1. The van der Waals surface area contributed by atoms with E-state index >= 15 is 0 Å². The van der Waals surface area contributed by atoms with Crippen molar-refractivity contribution in [1.82, 2.24) is 9.55 Å². The summed E-state index contributed by atoms with van der Waals surface area (Å²) < 4.78 is 15.9. The van der Waals surface area contributed by atoms with E-state index in [0.717, 1.165) is 16.9 Å². The zero-order chi connectivity index (χ0) is 12.6. The Morgan fingerprint density at radius 3 is 2.71 bits per heavy atom. The van der Waals surface area contributed by atoms with Crippen molar-refractivity contribution < 1.29 is 4.39 Å². The van der Waals surface area contributed by atoms with Crippen molar-refractivity contribution in [3.63, 3.8) is 0 Å². The Kier molecular flexibility index (Phi) is 3.19. The lowest BCUT2D eigenvalue weighted by Gasteiger charge is -2.11. The van der Waals surface area contributed by atoms with Gasteiger partial charge < -0.3 is 5.32 Å². The molecule has 2 aromatic rings. The summed E-state index contributed by atoms with van der Waals surface area (Å²) in [7, 11) is 1.79. The molecule has 0 aliphatic heterocycles. The van der Waals surface area contributed by atoms with Gasteiger partial charge in [0, 0.05) is 13.2 Å². The van der Waals surface area contributed by atoms with Crippen LogP contribution < -0.4 is 5.32 Å². The van der Waals surface area contributed by atoms with Gasteiger partial charge in [-0.25, -0.2) is 9.37 Å². The maximum atomic E-state index is 13.6. The third-order valence-corrected chi connectivity index (χ3v) is 3.16. The molecule has 0 spiro atoms. The van der Waals surface area contributed by atoms with Crippen LogP contribution >= 0.6 is 15.9 Å². The van der Waals surface area contributed by atoms with Gasteiger partial charge in [0.2, 0.25) is 5.95 Å². The molecule has 90 valence electrons. The molecule has 0 unspecified atom stereocenters. The highest BCUT2D eigenvalue weighted by Crippen LogP contribution is 2.25. The monoisotopic (exact) mass is 297 g/mol. The summed E-state index contributed by atoms with van der Waals surface area (Å²) in [6, 6.07) is 3.26. The van der Waals surface area contributed by atoms with Gasteiger partial charge in [-0.1, -0.05) is 0 Å². The highest BCUT2D eigenvalue weighted by Gasteiger charge is 2.11. The van der Waals surface area contributed by atoms with Crippen LogP contribution in [0.1, 0.15) is 11.3 Å². The van der Waals surface area contributed by atoms with Crippen LogP contribution in [0.3, 0.4) is 0 Å². The topological polar surface area (TPSA) is 29.9 Å². The second kappa shape index (κ2) is 4.49. The third-order valence-electron chi connectivity index (χ3n) is 2.55. The van der Waals surface area contributed by atoms with Crippen LogP contribution in [-0.4, -0.2) is 16.6 Å². The van der Waals surface area contributed by atoms with Gasteiger partial charge >= 0.3 is 0 Å².